The molecule has 4 nitrogen and oxygen atoms in total. The summed E-state index contributed by atoms with van der Waals surface area (Å²) in [5.74, 6) is 0.274. The van der Waals surface area contributed by atoms with Crippen LogP contribution in [-0.2, 0) is 6.54 Å². The average molecular weight is 315 g/mol. The Labute approximate surface area is 118 Å². The lowest BCUT2D eigenvalue weighted by atomic mass is 9.86. The summed E-state index contributed by atoms with van der Waals surface area (Å²) < 4.78 is 3.15. The van der Waals surface area contributed by atoms with Crippen LogP contribution in [-0.4, -0.2) is 15.6 Å². The number of aryl methyl sites for hydroxylation is 2. The molecule has 1 heterocycles. The van der Waals surface area contributed by atoms with Gasteiger partial charge in [-0.25, -0.2) is 0 Å². The molecule has 0 saturated carbocycles. The Morgan fingerprint density at radius 2 is 2.00 bits per heavy atom. The van der Waals surface area contributed by atoms with Gasteiger partial charge in [0.2, 0.25) is 0 Å². The van der Waals surface area contributed by atoms with Gasteiger partial charge < -0.3 is 5.73 Å². The Morgan fingerprint density at radius 3 is 2.44 bits per heavy atom. The minimum Gasteiger partial charge on any atom is -0.387 e. The number of halogens is 1. The molecule has 0 bridgehead atoms. The number of rotatable bonds is 6. The molecule has 0 aliphatic carbocycles. The van der Waals surface area contributed by atoms with E-state index in [0.29, 0.717) is 0 Å². The molecule has 0 spiro atoms. The molecule has 5 heteroatoms. The van der Waals surface area contributed by atoms with Gasteiger partial charge in [-0.3, -0.25) is 10.1 Å². The van der Waals surface area contributed by atoms with E-state index in [2.05, 4.69) is 28.0 Å². The number of unbranched alkanes of at least 4 members (excludes halogenated alkanes) is 1. The standard InChI is InChI=1S/C13H23BrN4/c1-9-11(14)10(2)18(17-9)8-6-5-7-13(3,4)12(15)16/h5-8H2,1-4H3,(H3,15,16). The van der Waals surface area contributed by atoms with E-state index in [0.717, 1.165) is 36.0 Å². The van der Waals surface area contributed by atoms with Crippen LogP contribution in [0.2, 0.25) is 0 Å². The molecule has 1 rings (SSSR count). The lowest BCUT2D eigenvalue weighted by Gasteiger charge is -2.22. The summed E-state index contributed by atoms with van der Waals surface area (Å²) in [6.45, 7) is 9.05. The second kappa shape index (κ2) is 5.87. The van der Waals surface area contributed by atoms with Crippen molar-refractivity contribution in [3.8, 4) is 0 Å². The van der Waals surface area contributed by atoms with Crippen molar-refractivity contribution >= 4 is 21.8 Å². The summed E-state index contributed by atoms with van der Waals surface area (Å²) in [4.78, 5) is 0. The molecular formula is C13H23BrN4. The molecular weight excluding hydrogens is 292 g/mol. The summed E-state index contributed by atoms with van der Waals surface area (Å²) in [6, 6.07) is 0. The first-order valence-corrected chi connectivity index (χ1v) is 7.09. The molecule has 0 aliphatic rings. The normalized spacial score (nSPS) is 11.8. The van der Waals surface area contributed by atoms with Crippen molar-refractivity contribution in [3.63, 3.8) is 0 Å². The fourth-order valence-corrected chi connectivity index (χ4v) is 2.14. The van der Waals surface area contributed by atoms with Gasteiger partial charge >= 0.3 is 0 Å². The number of aromatic nitrogens is 2. The van der Waals surface area contributed by atoms with E-state index in [1.807, 2.05) is 25.5 Å². The largest absolute Gasteiger partial charge is 0.387 e. The molecule has 3 N–H and O–H groups in total. The zero-order valence-electron chi connectivity index (χ0n) is 11.7. The van der Waals surface area contributed by atoms with Crippen molar-refractivity contribution < 1.29 is 0 Å². The van der Waals surface area contributed by atoms with Crippen LogP contribution in [0.4, 0.5) is 0 Å². The number of nitrogens with two attached hydrogens (primary N) is 1. The van der Waals surface area contributed by atoms with Gasteiger partial charge in [-0.15, -0.1) is 0 Å². The van der Waals surface area contributed by atoms with Gasteiger partial charge in [0.1, 0.15) is 0 Å². The number of nitrogens with one attached hydrogen (secondary N) is 1. The predicted molar refractivity (Wildman–Crippen MR) is 78.9 cm³/mol. The van der Waals surface area contributed by atoms with Gasteiger partial charge in [-0.2, -0.15) is 5.10 Å². The van der Waals surface area contributed by atoms with Gasteiger partial charge in [0, 0.05) is 17.7 Å². The van der Waals surface area contributed by atoms with Crippen molar-refractivity contribution in [3.05, 3.63) is 15.9 Å². The van der Waals surface area contributed by atoms with Crippen LogP contribution in [0.25, 0.3) is 0 Å². The van der Waals surface area contributed by atoms with Gasteiger partial charge in [0.15, 0.2) is 0 Å². The second-order valence-electron chi connectivity index (χ2n) is 5.46. The fraction of sp³-hybridized carbons (Fsp3) is 0.692. The lowest BCUT2D eigenvalue weighted by Crippen LogP contribution is -2.30. The Bertz CT molecular complexity index is 434. The minimum absolute atomic E-state index is 0.185. The smallest absolute Gasteiger partial charge is 0.0963 e. The number of hydrogen-bond donors (Lipinski definition) is 2. The van der Waals surface area contributed by atoms with Gasteiger partial charge in [-0.1, -0.05) is 20.3 Å². The second-order valence-corrected chi connectivity index (χ2v) is 6.26. The van der Waals surface area contributed by atoms with E-state index in [1.165, 1.54) is 5.69 Å². The first-order chi connectivity index (χ1) is 8.25. The predicted octanol–water partition coefficient (Wildman–Crippen LogP) is 3.39. The Balaban J connectivity index is 2.43. The summed E-state index contributed by atoms with van der Waals surface area (Å²) >= 11 is 3.53. The third kappa shape index (κ3) is 3.57. The highest BCUT2D eigenvalue weighted by Crippen LogP contribution is 2.24. The molecule has 0 radical (unpaired) electrons. The van der Waals surface area contributed by atoms with Crippen molar-refractivity contribution in [2.45, 2.75) is 53.5 Å². The van der Waals surface area contributed by atoms with Crippen molar-refractivity contribution in [2.75, 3.05) is 0 Å². The van der Waals surface area contributed by atoms with E-state index in [1.54, 1.807) is 0 Å². The molecule has 18 heavy (non-hydrogen) atoms. The highest BCUT2D eigenvalue weighted by Gasteiger charge is 2.20. The third-order valence-electron chi connectivity index (χ3n) is 3.44. The SMILES string of the molecule is Cc1nn(CCCCC(C)(C)C(=N)N)c(C)c1Br. The Morgan fingerprint density at radius 1 is 1.39 bits per heavy atom. The highest BCUT2D eigenvalue weighted by atomic mass is 79.9. The topological polar surface area (TPSA) is 67.7 Å². The van der Waals surface area contributed by atoms with Crippen LogP contribution in [0.1, 0.15) is 44.5 Å². The maximum Gasteiger partial charge on any atom is 0.0963 e. The van der Waals surface area contributed by atoms with E-state index >= 15 is 0 Å². The molecule has 0 unspecified atom stereocenters. The van der Waals surface area contributed by atoms with Crippen LogP contribution >= 0.6 is 15.9 Å². The lowest BCUT2D eigenvalue weighted by molar-refractivity contribution is 0.422. The van der Waals surface area contributed by atoms with Crippen LogP contribution in [0, 0.1) is 24.7 Å². The van der Waals surface area contributed by atoms with Gasteiger partial charge in [0.25, 0.3) is 0 Å². The van der Waals surface area contributed by atoms with E-state index in [4.69, 9.17) is 11.1 Å². The minimum atomic E-state index is -0.185. The molecule has 0 saturated heterocycles. The quantitative estimate of drug-likeness (QED) is 0.480. The Hall–Kier alpha value is -0.840. The highest BCUT2D eigenvalue weighted by molar-refractivity contribution is 9.10. The van der Waals surface area contributed by atoms with Crippen molar-refractivity contribution in [2.24, 2.45) is 11.1 Å². The van der Waals surface area contributed by atoms with E-state index in [9.17, 15) is 0 Å². The maximum atomic E-state index is 7.52. The number of hydrogen-bond acceptors (Lipinski definition) is 2. The van der Waals surface area contributed by atoms with Crippen molar-refractivity contribution in [1.29, 1.82) is 5.41 Å². The van der Waals surface area contributed by atoms with E-state index < -0.39 is 0 Å². The van der Waals surface area contributed by atoms with Crippen LogP contribution in [0.15, 0.2) is 4.47 Å². The number of nitrogens with zero attached hydrogens (tertiary/aromatic N) is 2. The first-order valence-electron chi connectivity index (χ1n) is 6.29. The third-order valence-corrected chi connectivity index (χ3v) is 4.59. The fourth-order valence-electron chi connectivity index (χ4n) is 1.86. The monoisotopic (exact) mass is 314 g/mol. The molecule has 0 aromatic carbocycles. The van der Waals surface area contributed by atoms with Crippen LogP contribution in [0.5, 0.6) is 0 Å². The molecule has 0 aliphatic heterocycles. The Kier molecular flexibility index (Phi) is 4.96. The van der Waals surface area contributed by atoms with Gasteiger partial charge in [0.05, 0.1) is 16.0 Å². The van der Waals surface area contributed by atoms with Gasteiger partial charge in [-0.05, 0) is 42.6 Å². The van der Waals surface area contributed by atoms with Crippen LogP contribution in [0.3, 0.4) is 0 Å². The maximum absolute atomic E-state index is 7.52. The molecule has 0 fully saturated rings. The summed E-state index contributed by atoms with van der Waals surface area (Å²) in [5, 5.41) is 12.0. The molecule has 1 aromatic heterocycles. The summed E-state index contributed by atoms with van der Waals surface area (Å²) in [5.41, 5.74) is 7.60. The summed E-state index contributed by atoms with van der Waals surface area (Å²) in [6.07, 6.45) is 3.07. The van der Waals surface area contributed by atoms with E-state index in [-0.39, 0.29) is 11.3 Å². The number of amidine groups is 1. The zero-order chi connectivity index (χ0) is 13.9. The zero-order valence-corrected chi connectivity index (χ0v) is 13.3. The summed E-state index contributed by atoms with van der Waals surface area (Å²) in [7, 11) is 0. The van der Waals surface area contributed by atoms with Crippen LogP contribution < -0.4 is 5.73 Å². The molecule has 0 amide bonds. The van der Waals surface area contributed by atoms with Crippen molar-refractivity contribution in [1.82, 2.24) is 9.78 Å². The first kappa shape index (κ1) is 15.2. The molecule has 102 valence electrons. The molecule has 0 atom stereocenters. The molecule has 1 aromatic rings. The average Bonchev–Trinajstić information content (AvgIpc) is 2.52.